The van der Waals surface area contributed by atoms with Crippen LogP contribution in [0, 0.1) is 0 Å². The number of hydrogen-bond acceptors (Lipinski definition) is 4. The fraction of sp³-hybridized carbons (Fsp3) is 0.261. The van der Waals surface area contributed by atoms with Crippen molar-refractivity contribution < 1.29 is 9.59 Å². The summed E-state index contributed by atoms with van der Waals surface area (Å²) in [6, 6.07) is 17.8. The quantitative estimate of drug-likeness (QED) is 0.573. The molecular weight excluding hydrogens is 382 g/mol. The number of carbonyl (C=O) groups excluding carboxylic acids is 2. The van der Waals surface area contributed by atoms with Gasteiger partial charge in [-0.3, -0.25) is 9.59 Å². The summed E-state index contributed by atoms with van der Waals surface area (Å²) in [5.41, 5.74) is 2.95. The smallest absolute Gasteiger partial charge is 0.254 e. The number of aryl methyl sites for hydroxylation is 1. The third-order valence-corrected chi connectivity index (χ3v) is 5.89. The van der Waals surface area contributed by atoms with E-state index >= 15 is 0 Å². The van der Waals surface area contributed by atoms with Crippen LogP contribution in [0.5, 0.6) is 0 Å². The minimum atomic E-state index is -0.0626. The fourth-order valence-corrected chi connectivity index (χ4v) is 4.24. The maximum atomic E-state index is 13.1. The van der Waals surface area contributed by atoms with E-state index < -0.39 is 0 Å². The van der Waals surface area contributed by atoms with Gasteiger partial charge in [-0.25, -0.2) is 4.98 Å². The second-order valence-electron chi connectivity index (χ2n) is 7.15. The van der Waals surface area contributed by atoms with Gasteiger partial charge < -0.3 is 9.80 Å². The van der Waals surface area contributed by atoms with E-state index in [9.17, 15) is 9.59 Å². The summed E-state index contributed by atoms with van der Waals surface area (Å²) >= 11 is 1.55. The molecule has 0 atom stereocenters. The van der Waals surface area contributed by atoms with Gasteiger partial charge in [0, 0.05) is 30.2 Å². The first kappa shape index (κ1) is 19.3. The summed E-state index contributed by atoms with van der Waals surface area (Å²) < 4.78 is 0. The van der Waals surface area contributed by atoms with Crippen LogP contribution in [0.25, 0.3) is 0 Å². The Morgan fingerprint density at radius 3 is 2.66 bits per heavy atom. The van der Waals surface area contributed by atoms with Gasteiger partial charge in [-0.2, -0.15) is 0 Å². The van der Waals surface area contributed by atoms with Crippen LogP contribution >= 0.6 is 11.3 Å². The van der Waals surface area contributed by atoms with Crippen molar-refractivity contribution in [2.45, 2.75) is 25.9 Å². The molecule has 0 saturated carbocycles. The van der Waals surface area contributed by atoms with Crippen molar-refractivity contribution in [2.24, 2.45) is 0 Å². The van der Waals surface area contributed by atoms with E-state index in [1.54, 1.807) is 22.4 Å². The predicted molar refractivity (Wildman–Crippen MR) is 113 cm³/mol. The van der Waals surface area contributed by atoms with E-state index in [0.29, 0.717) is 25.2 Å². The molecule has 29 heavy (non-hydrogen) atoms. The molecular formula is C23H23N3O2S. The van der Waals surface area contributed by atoms with E-state index in [2.05, 4.69) is 17.1 Å². The summed E-state index contributed by atoms with van der Waals surface area (Å²) in [4.78, 5) is 33.5. The molecule has 0 saturated heterocycles. The molecule has 5 nitrogen and oxygen atoms in total. The van der Waals surface area contributed by atoms with Crippen LogP contribution in [0.15, 0.2) is 66.2 Å². The van der Waals surface area contributed by atoms with Gasteiger partial charge in [-0.1, -0.05) is 48.5 Å². The molecule has 2 aromatic carbocycles. The molecule has 4 rings (SSSR count). The topological polar surface area (TPSA) is 53.5 Å². The lowest BCUT2D eigenvalue weighted by Gasteiger charge is -2.25. The number of hydrogen-bond donors (Lipinski definition) is 0. The Morgan fingerprint density at radius 2 is 1.90 bits per heavy atom. The molecule has 2 heterocycles. The van der Waals surface area contributed by atoms with E-state index in [-0.39, 0.29) is 18.4 Å². The highest BCUT2D eigenvalue weighted by Crippen LogP contribution is 2.22. The van der Waals surface area contributed by atoms with Gasteiger partial charge in [0.25, 0.3) is 5.91 Å². The van der Waals surface area contributed by atoms with Crippen molar-refractivity contribution in [1.29, 1.82) is 0 Å². The van der Waals surface area contributed by atoms with Crippen LogP contribution < -0.4 is 0 Å². The molecule has 2 amide bonds. The number of carbonyl (C=O) groups is 2. The van der Waals surface area contributed by atoms with Crippen LogP contribution in [0.3, 0.4) is 0 Å². The Hall–Kier alpha value is -2.99. The summed E-state index contributed by atoms with van der Waals surface area (Å²) in [6.07, 6.45) is 3.54. The van der Waals surface area contributed by atoms with Crippen LogP contribution in [-0.2, 0) is 24.3 Å². The van der Waals surface area contributed by atoms with Gasteiger partial charge in [0.2, 0.25) is 5.91 Å². The van der Waals surface area contributed by atoms with Crippen LogP contribution in [0.4, 0.5) is 0 Å². The molecule has 1 aromatic heterocycles. The summed E-state index contributed by atoms with van der Waals surface area (Å²) in [7, 11) is 0. The molecule has 1 aliphatic heterocycles. The first-order chi connectivity index (χ1) is 14.2. The number of amides is 2. The van der Waals surface area contributed by atoms with E-state index in [0.717, 1.165) is 23.4 Å². The number of fused-ring (bicyclic) bond motifs is 1. The van der Waals surface area contributed by atoms with Crippen molar-refractivity contribution in [1.82, 2.24) is 14.8 Å². The molecule has 0 fully saturated rings. The van der Waals surface area contributed by atoms with Crippen molar-refractivity contribution >= 4 is 23.2 Å². The average molecular weight is 406 g/mol. The van der Waals surface area contributed by atoms with Gasteiger partial charge in [-0.15, -0.1) is 11.3 Å². The highest BCUT2D eigenvalue weighted by Gasteiger charge is 2.29. The number of rotatable bonds is 8. The zero-order valence-electron chi connectivity index (χ0n) is 16.2. The molecule has 0 radical (unpaired) electrons. The Kier molecular flexibility index (Phi) is 6.00. The molecule has 148 valence electrons. The SMILES string of the molecule is O=C(CN1Cc2ccccc2C1=O)N(CCCc1ccccc1)Cc1nccs1. The largest absolute Gasteiger partial charge is 0.334 e. The Bertz CT molecular complexity index is 973. The number of thiazole rings is 1. The first-order valence-electron chi connectivity index (χ1n) is 9.78. The predicted octanol–water partition coefficient (Wildman–Crippen LogP) is 3.76. The normalized spacial score (nSPS) is 12.8. The van der Waals surface area contributed by atoms with Gasteiger partial charge in [0.15, 0.2) is 0 Å². The number of nitrogens with zero attached hydrogens (tertiary/aromatic N) is 3. The lowest BCUT2D eigenvalue weighted by atomic mass is 10.1. The second-order valence-corrected chi connectivity index (χ2v) is 8.13. The van der Waals surface area contributed by atoms with Gasteiger partial charge in [-0.05, 0) is 30.0 Å². The zero-order valence-corrected chi connectivity index (χ0v) is 17.0. The Balaban J connectivity index is 1.40. The minimum absolute atomic E-state index is 0.0329. The molecule has 0 aliphatic carbocycles. The molecule has 0 unspecified atom stereocenters. The molecule has 6 heteroatoms. The summed E-state index contributed by atoms with van der Waals surface area (Å²) in [6.45, 7) is 1.72. The highest BCUT2D eigenvalue weighted by atomic mass is 32.1. The highest BCUT2D eigenvalue weighted by molar-refractivity contribution is 7.09. The van der Waals surface area contributed by atoms with Crippen molar-refractivity contribution in [3.63, 3.8) is 0 Å². The standard InChI is InChI=1S/C23H23N3O2S/c27-22(17-26-15-19-10-4-5-11-20(19)23(26)28)25(16-21-24-12-14-29-21)13-6-9-18-7-2-1-3-8-18/h1-5,7-8,10-12,14H,6,9,13,15-17H2. The average Bonchev–Trinajstić information content (AvgIpc) is 3.36. The lowest BCUT2D eigenvalue weighted by molar-refractivity contribution is -0.132. The summed E-state index contributed by atoms with van der Waals surface area (Å²) in [5, 5.41) is 2.83. The number of aromatic nitrogens is 1. The minimum Gasteiger partial charge on any atom is -0.334 e. The van der Waals surface area contributed by atoms with Gasteiger partial charge in [0.05, 0.1) is 6.54 Å². The first-order valence-corrected chi connectivity index (χ1v) is 10.7. The Morgan fingerprint density at radius 1 is 1.10 bits per heavy atom. The van der Waals surface area contributed by atoms with E-state index in [1.165, 1.54) is 5.56 Å². The van der Waals surface area contributed by atoms with Crippen molar-refractivity contribution in [2.75, 3.05) is 13.1 Å². The van der Waals surface area contributed by atoms with Crippen molar-refractivity contribution in [3.05, 3.63) is 87.9 Å². The summed E-state index contributed by atoms with van der Waals surface area (Å²) in [5.74, 6) is -0.0955. The molecule has 0 N–H and O–H groups in total. The Labute approximate surface area is 174 Å². The van der Waals surface area contributed by atoms with Gasteiger partial charge in [0.1, 0.15) is 11.6 Å². The third-order valence-electron chi connectivity index (χ3n) is 5.12. The lowest BCUT2D eigenvalue weighted by Crippen LogP contribution is -2.40. The van der Waals surface area contributed by atoms with E-state index in [4.69, 9.17) is 0 Å². The zero-order chi connectivity index (χ0) is 20.1. The molecule has 1 aliphatic rings. The molecule has 3 aromatic rings. The molecule has 0 bridgehead atoms. The number of benzene rings is 2. The third kappa shape index (κ3) is 4.71. The van der Waals surface area contributed by atoms with Gasteiger partial charge >= 0.3 is 0 Å². The van der Waals surface area contributed by atoms with Crippen LogP contribution in [0.2, 0.25) is 0 Å². The fourth-order valence-electron chi connectivity index (χ4n) is 3.61. The van der Waals surface area contributed by atoms with E-state index in [1.807, 2.05) is 52.7 Å². The van der Waals surface area contributed by atoms with Crippen LogP contribution in [0.1, 0.15) is 32.9 Å². The monoisotopic (exact) mass is 405 g/mol. The maximum Gasteiger partial charge on any atom is 0.254 e. The van der Waals surface area contributed by atoms with Crippen molar-refractivity contribution in [3.8, 4) is 0 Å². The second kappa shape index (κ2) is 9.01. The van der Waals surface area contributed by atoms with Crippen LogP contribution in [-0.4, -0.2) is 39.7 Å². The molecule has 0 spiro atoms. The maximum absolute atomic E-state index is 13.1.